The van der Waals surface area contributed by atoms with Gasteiger partial charge in [0.25, 0.3) is 0 Å². The fraction of sp³-hybridized carbons (Fsp3) is 0.714. The van der Waals surface area contributed by atoms with E-state index in [0.29, 0.717) is 39.1 Å². The molecule has 0 aromatic carbocycles. The van der Waals surface area contributed by atoms with Crippen LogP contribution in [0.5, 0.6) is 0 Å². The number of nitrogens with one attached hydrogen (secondary N) is 1. The molecule has 0 aliphatic heterocycles. The van der Waals surface area contributed by atoms with Crippen molar-refractivity contribution in [3.63, 3.8) is 0 Å². The van der Waals surface area contributed by atoms with Gasteiger partial charge in [-0.1, -0.05) is 13.8 Å². The highest BCUT2D eigenvalue weighted by Crippen LogP contribution is 2.09. The minimum atomic E-state index is 0.471. The molecule has 0 radical (unpaired) electrons. The van der Waals surface area contributed by atoms with Crippen LogP contribution in [0.2, 0.25) is 0 Å². The zero-order valence-electron chi connectivity index (χ0n) is 12.1. The van der Waals surface area contributed by atoms with Crippen LogP contribution in [-0.4, -0.2) is 39.6 Å². The molecule has 1 rings (SSSR count). The quantitative estimate of drug-likeness (QED) is 0.623. The van der Waals surface area contributed by atoms with Gasteiger partial charge < -0.3 is 23.9 Å². The lowest BCUT2D eigenvalue weighted by atomic mass is 10.3. The Morgan fingerprint density at radius 2 is 1.89 bits per heavy atom. The van der Waals surface area contributed by atoms with E-state index in [1.807, 2.05) is 6.07 Å². The van der Waals surface area contributed by atoms with Crippen LogP contribution >= 0.6 is 0 Å². The number of hydrogen-bond donors (Lipinski definition) is 1. The van der Waals surface area contributed by atoms with Crippen molar-refractivity contribution >= 4 is 0 Å². The molecule has 5 heteroatoms. The van der Waals surface area contributed by atoms with Crippen molar-refractivity contribution in [3.8, 4) is 0 Å². The van der Waals surface area contributed by atoms with Crippen LogP contribution < -0.4 is 5.32 Å². The molecule has 0 bridgehead atoms. The minimum absolute atomic E-state index is 0.471. The SMILES string of the molecule is COCCOCCOCc1cc(CNC(C)C)co1. The Kier molecular flexibility index (Phi) is 8.49. The number of hydrogen-bond acceptors (Lipinski definition) is 5. The average molecular weight is 271 g/mol. The van der Waals surface area contributed by atoms with E-state index in [-0.39, 0.29) is 0 Å². The summed E-state index contributed by atoms with van der Waals surface area (Å²) in [5, 5.41) is 3.34. The summed E-state index contributed by atoms with van der Waals surface area (Å²) in [6.45, 7) is 7.89. The Morgan fingerprint density at radius 1 is 1.16 bits per heavy atom. The predicted octanol–water partition coefficient (Wildman–Crippen LogP) is 1.96. The topological polar surface area (TPSA) is 52.9 Å². The molecule has 19 heavy (non-hydrogen) atoms. The summed E-state index contributed by atoms with van der Waals surface area (Å²) in [5.41, 5.74) is 1.14. The molecular formula is C14H25NO4. The standard InChI is InChI=1S/C14H25NO4/c1-12(2)15-9-13-8-14(19-10-13)11-18-7-6-17-5-4-16-3/h8,10,12,15H,4-7,9,11H2,1-3H3. The summed E-state index contributed by atoms with van der Waals surface area (Å²) in [6, 6.07) is 2.49. The fourth-order valence-corrected chi connectivity index (χ4v) is 1.45. The first-order chi connectivity index (χ1) is 9.22. The molecule has 0 amide bonds. The Labute approximate surface area is 115 Å². The van der Waals surface area contributed by atoms with Crippen LogP contribution in [0.15, 0.2) is 16.7 Å². The number of methoxy groups -OCH3 is 1. The molecule has 0 saturated carbocycles. The second-order valence-electron chi connectivity index (χ2n) is 4.61. The Hall–Kier alpha value is -0.880. The van der Waals surface area contributed by atoms with Crippen LogP contribution in [-0.2, 0) is 27.4 Å². The molecule has 1 aromatic rings. The first kappa shape index (κ1) is 16.2. The Morgan fingerprint density at radius 3 is 2.63 bits per heavy atom. The first-order valence-corrected chi connectivity index (χ1v) is 6.66. The maximum absolute atomic E-state index is 5.46. The maximum atomic E-state index is 5.46. The van der Waals surface area contributed by atoms with Gasteiger partial charge in [-0.05, 0) is 6.07 Å². The van der Waals surface area contributed by atoms with Crippen molar-refractivity contribution in [2.45, 2.75) is 33.0 Å². The summed E-state index contributed by atoms with van der Waals surface area (Å²) in [5.74, 6) is 0.845. The van der Waals surface area contributed by atoms with E-state index in [1.54, 1.807) is 13.4 Å². The molecule has 1 heterocycles. The largest absolute Gasteiger partial charge is 0.467 e. The third kappa shape index (κ3) is 8.00. The van der Waals surface area contributed by atoms with Crippen molar-refractivity contribution in [1.82, 2.24) is 5.32 Å². The smallest absolute Gasteiger partial charge is 0.129 e. The van der Waals surface area contributed by atoms with E-state index in [9.17, 15) is 0 Å². The van der Waals surface area contributed by atoms with Gasteiger partial charge in [0.15, 0.2) is 0 Å². The van der Waals surface area contributed by atoms with Crippen molar-refractivity contribution < 1.29 is 18.6 Å². The van der Waals surface area contributed by atoms with E-state index in [0.717, 1.165) is 17.9 Å². The normalized spacial score (nSPS) is 11.4. The van der Waals surface area contributed by atoms with Gasteiger partial charge in [-0.2, -0.15) is 0 Å². The van der Waals surface area contributed by atoms with E-state index >= 15 is 0 Å². The van der Waals surface area contributed by atoms with Gasteiger partial charge in [-0.25, -0.2) is 0 Å². The van der Waals surface area contributed by atoms with Gasteiger partial charge in [0.1, 0.15) is 12.4 Å². The van der Waals surface area contributed by atoms with Gasteiger partial charge in [-0.15, -0.1) is 0 Å². The van der Waals surface area contributed by atoms with Crippen LogP contribution in [0.3, 0.4) is 0 Å². The molecular weight excluding hydrogens is 246 g/mol. The summed E-state index contributed by atoms with van der Waals surface area (Å²) in [7, 11) is 1.66. The number of rotatable bonds is 11. The third-order valence-electron chi connectivity index (χ3n) is 2.47. The monoisotopic (exact) mass is 271 g/mol. The van der Waals surface area contributed by atoms with Crippen molar-refractivity contribution in [1.29, 1.82) is 0 Å². The van der Waals surface area contributed by atoms with Crippen LogP contribution in [0.25, 0.3) is 0 Å². The molecule has 5 nitrogen and oxygen atoms in total. The summed E-state index contributed by atoms with van der Waals surface area (Å²) < 4.78 is 21.0. The fourth-order valence-electron chi connectivity index (χ4n) is 1.45. The highest BCUT2D eigenvalue weighted by Gasteiger charge is 2.02. The number of furan rings is 1. The molecule has 110 valence electrons. The highest BCUT2D eigenvalue weighted by atomic mass is 16.5. The molecule has 0 spiro atoms. The molecule has 1 aromatic heterocycles. The first-order valence-electron chi connectivity index (χ1n) is 6.66. The lowest BCUT2D eigenvalue weighted by Gasteiger charge is -2.05. The van der Waals surface area contributed by atoms with Crippen LogP contribution in [0.1, 0.15) is 25.2 Å². The van der Waals surface area contributed by atoms with Gasteiger partial charge in [0, 0.05) is 25.3 Å². The second-order valence-corrected chi connectivity index (χ2v) is 4.61. The van der Waals surface area contributed by atoms with E-state index in [1.165, 1.54) is 0 Å². The number of ether oxygens (including phenoxy) is 3. The van der Waals surface area contributed by atoms with Crippen LogP contribution in [0, 0.1) is 0 Å². The third-order valence-corrected chi connectivity index (χ3v) is 2.47. The van der Waals surface area contributed by atoms with Crippen molar-refractivity contribution in [3.05, 3.63) is 23.7 Å². The molecule has 0 saturated heterocycles. The highest BCUT2D eigenvalue weighted by molar-refractivity contribution is 5.12. The van der Waals surface area contributed by atoms with E-state index in [2.05, 4.69) is 19.2 Å². The molecule has 0 atom stereocenters. The summed E-state index contributed by atoms with van der Waals surface area (Å²) in [4.78, 5) is 0. The second kappa shape index (κ2) is 9.97. The lowest BCUT2D eigenvalue weighted by molar-refractivity contribution is 0.0162. The van der Waals surface area contributed by atoms with E-state index in [4.69, 9.17) is 18.6 Å². The summed E-state index contributed by atoms with van der Waals surface area (Å²) in [6.07, 6.45) is 1.77. The van der Waals surface area contributed by atoms with Crippen molar-refractivity contribution in [2.24, 2.45) is 0 Å². The van der Waals surface area contributed by atoms with Gasteiger partial charge in [-0.3, -0.25) is 0 Å². The molecule has 0 aliphatic carbocycles. The van der Waals surface area contributed by atoms with Crippen molar-refractivity contribution in [2.75, 3.05) is 33.5 Å². The molecule has 0 unspecified atom stereocenters. The predicted molar refractivity (Wildman–Crippen MR) is 73.0 cm³/mol. The Balaban J connectivity index is 2.06. The molecule has 1 N–H and O–H groups in total. The van der Waals surface area contributed by atoms with E-state index < -0.39 is 0 Å². The molecule has 0 aliphatic rings. The summed E-state index contributed by atoms with van der Waals surface area (Å²) >= 11 is 0. The van der Waals surface area contributed by atoms with Gasteiger partial charge >= 0.3 is 0 Å². The maximum Gasteiger partial charge on any atom is 0.129 e. The van der Waals surface area contributed by atoms with Gasteiger partial charge in [0.05, 0.1) is 32.7 Å². The molecule has 0 fully saturated rings. The zero-order chi connectivity index (χ0) is 13.9. The lowest BCUT2D eigenvalue weighted by Crippen LogP contribution is -2.21. The van der Waals surface area contributed by atoms with Gasteiger partial charge in [0.2, 0.25) is 0 Å². The Bertz CT molecular complexity index is 325. The zero-order valence-corrected chi connectivity index (χ0v) is 12.1. The average Bonchev–Trinajstić information content (AvgIpc) is 2.83. The minimum Gasteiger partial charge on any atom is -0.467 e. The van der Waals surface area contributed by atoms with Crippen LogP contribution in [0.4, 0.5) is 0 Å².